The molecule has 150 valence electrons. The third kappa shape index (κ3) is 19.7. The Labute approximate surface area is 150 Å². The van der Waals surface area contributed by atoms with Gasteiger partial charge in [0.25, 0.3) is 0 Å². The first-order valence-corrected chi connectivity index (χ1v) is 10.8. The van der Waals surface area contributed by atoms with E-state index in [9.17, 15) is 18.7 Å². The molecule has 0 spiro atoms. The van der Waals surface area contributed by atoms with Crippen molar-refractivity contribution in [3.8, 4) is 0 Å². The minimum absolute atomic E-state index is 0.270. The molecule has 6 nitrogen and oxygen atoms in total. The third-order valence-electron chi connectivity index (χ3n) is 3.85. The van der Waals surface area contributed by atoms with Crippen LogP contribution in [0.2, 0.25) is 0 Å². The van der Waals surface area contributed by atoms with Crippen molar-refractivity contribution in [2.75, 3.05) is 13.2 Å². The van der Waals surface area contributed by atoms with Gasteiger partial charge < -0.3 is 9.84 Å². The summed E-state index contributed by atoms with van der Waals surface area (Å²) in [6.07, 6.45) is 12.0. The Morgan fingerprint density at radius 2 is 1.44 bits per heavy atom. The fourth-order valence-electron chi connectivity index (χ4n) is 2.42. The maximum Gasteiger partial charge on any atom is 0.510 e. The number of esters is 1. The summed E-state index contributed by atoms with van der Waals surface area (Å²) in [5, 5.41) is 9.32. The van der Waals surface area contributed by atoms with Crippen LogP contribution in [0.15, 0.2) is 0 Å². The molecule has 0 aromatic rings. The minimum atomic E-state index is -5.11. The highest BCUT2D eigenvalue weighted by Gasteiger charge is 2.20. The number of hydrogen-bond donors (Lipinski definition) is 2. The molecule has 0 saturated heterocycles. The van der Waals surface area contributed by atoms with E-state index >= 15 is 0 Å². The molecule has 0 heterocycles. The Bertz CT molecular complexity index is 374. The number of ether oxygens (including phenoxy) is 1. The van der Waals surface area contributed by atoms with E-state index in [2.05, 4.69) is 11.4 Å². The van der Waals surface area contributed by atoms with Crippen molar-refractivity contribution in [3.63, 3.8) is 0 Å². The second kappa shape index (κ2) is 15.7. The summed E-state index contributed by atoms with van der Waals surface area (Å²) in [7, 11) is -5.11. The van der Waals surface area contributed by atoms with Gasteiger partial charge in [-0.1, -0.05) is 71.1 Å². The summed E-state index contributed by atoms with van der Waals surface area (Å²) in [5.41, 5.74) is 0. The lowest BCUT2D eigenvalue weighted by Crippen LogP contribution is -2.23. The minimum Gasteiger partial charge on any atom is -0.463 e. The van der Waals surface area contributed by atoms with E-state index in [1.807, 2.05) is 0 Å². The molecule has 2 unspecified atom stereocenters. The molecule has 0 rings (SSSR count). The van der Waals surface area contributed by atoms with Gasteiger partial charge in [0, 0.05) is 6.42 Å². The van der Waals surface area contributed by atoms with E-state index in [1.54, 1.807) is 0 Å². The van der Waals surface area contributed by atoms with E-state index in [4.69, 9.17) is 9.63 Å². The van der Waals surface area contributed by atoms with Crippen LogP contribution in [-0.4, -0.2) is 35.3 Å². The number of aliphatic hydroxyl groups excluding tert-OH is 1. The van der Waals surface area contributed by atoms with Crippen LogP contribution >= 0.6 is 7.91 Å². The summed E-state index contributed by atoms with van der Waals surface area (Å²) < 4.78 is 31.1. The van der Waals surface area contributed by atoms with Crippen molar-refractivity contribution >= 4 is 13.9 Å². The fraction of sp³-hybridized carbons (Fsp3) is 0.941. The summed E-state index contributed by atoms with van der Waals surface area (Å²) in [6.45, 7) is 1.14. The number of aliphatic hydroxyl groups is 1. The Morgan fingerprint density at radius 1 is 0.960 bits per heavy atom. The Morgan fingerprint density at radius 3 is 1.92 bits per heavy atom. The predicted molar refractivity (Wildman–Crippen MR) is 94.9 cm³/mol. The van der Waals surface area contributed by atoms with Crippen LogP contribution in [-0.2, 0) is 18.6 Å². The Kier molecular flexibility index (Phi) is 15.4. The van der Waals surface area contributed by atoms with E-state index in [-0.39, 0.29) is 13.0 Å². The highest BCUT2D eigenvalue weighted by atomic mass is 31.2. The van der Waals surface area contributed by atoms with Crippen LogP contribution in [0.3, 0.4) is 0 Å². The molecule has 0 radical (unpaired) electrons. The summed E-state index contributed by atoms with van der Waals surface area (Å²) in [4.78, 5) is 19.7. The van der Waals surface area contributed by atoms with Crippen molar-refractivity contribution in [1.82, 2.24) is 0 Å². The first-order chi connectivity index (χ1) is 11.8. The van der Waals surface area contributed by atoms with Gasteiger partial charge in [0.15, 0.2) is 0 Å². The molecular formula is C17H34FO6P. The highest BCUT2D eigenvalue weighted by molar-refractivity contribution is 7.46. The van der Waals surface area contributed by atoms with E-state index in [1.165, 1.54) is 51.4 Å². The van der Waals surface area contributed by atoms with E-state index < -0.39 is 26.6 Å². The maximum atomic E-state index is 12.2. The topological polar surface area (TPSA) is 93.1 Å². The second-order valence-corrected chi connectivity index (χ2v) is 7.53. The quantitative estimate of drug-likeness (QED) is 0.215. The molecule has 0 aliphatic heterocycles. The van der Waals surface area contributed by atoms with Crippen molar-refractivity contribution in [3.05, 3.63) is 0 Å². The molecule has 8 heteroatoms. The zero-order valence-corrected chi connectivity index (χ0v) is 16.2. The molecule has 2 N–H and O–H groups in total. The first kappa shape index (κ1) is 24.5. The van der Waals surface area contributed by atoms with Gasteiger partial charge in [-0.3, -0.25) is 14.2 Å². The third-order valence-corrected chi connectivity index (χ3v) is 4.31. The van der Waals surface area contributed by atoms with Crippen LogP contribution < -0.4 is 0 Å². The average molecular weight is 384 g/mol. The predicted octanol–water partition coefficient (Wildman–Crippen LogP) is 4.68. The smallest absolute Gasteiger partial charge is 0.463 e. The van der Waals surface area contributed by atoms with Gasteiger partial charge in [0.05, 0.1) is 6.61 Å². The van der Waals surface area contributed by atoms with Gasteiger partial charge in [-0.15, -0.1) is 4.20 Å². The van der Waals surface area contributed by atoms with Gasteiger partial charge in [-0.05, 0) is 6.42 Å². The molecule has 25 heavy (non-hydrogen) atoms. The van der Waals surface area contributed by atoms with Crippen LogP contribution in [0.5, 0.6) is 0 Å². The fourth-order valence-corrected chi connectivity index (χ4v) is 2.78. The van der Waals surface area contributed by atoms with E-state index in [0.717, 1.165) is 19.3 Å². The highest BCUT2D eigenvalue weighted by Crippen LogP contribution is 2.43. The normalized spacial score (nSPS) is 14.9. The van der Waals surface area contributed by atoms with Crippen molar-refractivity contribution in [2.24, 2.45) is 0 Å². The lowest BCUT2D eigenvalue weighted by atomic mass is 10.1. The van der Waals surface area contributed by atoms with Gasteiger partial charge in [-0.2, -0.15) is 0 Å². The number of carbonyl (C=O) groups excluding carboxylic acids is 1. The zero-order chi connectivity index (χ0) is 19.0. The maximum absolute atomic E-state index is 12.2. The summed E-state index contributed by atoms with van der Waals surface area (Å²) >= 11 is 0. The number of halogens is 1. The summed E-state index contributed by atoms with van der Waals surface area (Å²) in [6, 6.07) is 0. The van der Waals surface area contributed by atoms with E-state index in [0.29, 0.717) is 0 Å². The monoisotopic (exact) mass is 384 g/mol. The molecule has 2 atom stereocenters. The number of rotatable bonds is 17. The molecule has 0 aromatic carbocycles. The molecule has 0 fully saturated rings. The van der Waals surface area contributed by atoms with Crippen molar-refractivity contribution < 1.29 is 32.8 Å². The van der Waals surface area contributed by atoms with Crippen LogP contribution in [0.25, 0.3) is 0 Å². The molecule has 0 amide bonds. The molecule has 0 aliphatic rings. The number of hydrogen-bond acceptors (Lipinski definition) is 5. The molecule has 0 aliphatic carbocycles. The van der Waals surface area contributed by atoms with Gasteiger partial charge in [0.1, 0.15) is 12.7 Å². The van der Waals surface area contributed by atoms with Crippen LogP contribution in [0.4, 0.5) is 4.20 Å². The second-order valence-electron chi connectivity index (χ2n) is 6.37. The molecule has 0 saturated carbocycles. The number of unbranched alkanes of at least 4 members (excludes halogenated alkanes) is 10. The summed E-state index contributed by atoms with van der Waals surface area (Å²) in [5.74, 6) is -0.442. The molecule has 0 aromatic heterocycles. The zero-order valence-electron chi connectivity index (χ0n) is 15.3. The Hall–Kier alpha value is -0.490. The molecule has 0 bridgehead atoms. The largest absolute Gasteiger partial charge is 0.510 e. The van der Waals surface area contributed by atoms with Crippen molar-refractivity contribution in [1.29, 1.82) is 0 Å². The molecular weight excluding hydrogens is 350 g/mol. The van der Waals surface area contributed by atoms with Gasteiger partial charge >= 0.3 is 13.9 Å². The first-order valence-electron chi connectivity index (χ1n) is 9.36. The van der Waals surface area contributed by atoms with Gasteiger partial charge in [0.2, 0.25) is 0 Å². The Balaban J connectivity index is 3.37. The lowest BCUT2D eigenvalue weighted by Gasteiger charge is -2.11. The van der Waals surface area contributed by atoms with Crippen molar-refractivity contribution in [2.45, 2.75) is 90.1 Å². The van der Waals surface area contributed by atoms with Crippen LogP contribution in [0.1, 0.15) is 84.0 Å². The lowest BCUT2D eigenvalue weighted by molar-refractivity contribution is -0.147. The average Bonchev–Trinajstić information content (AvgIpc) is 2.55. The standard InChI is InChI=1S/C17H34FO6P/c1-2-3-4-5-6-7-8-9-10-11-12-13-17(20)23-14-16(19)15-24-25(18,21)22/h16,19H,2-15H2,1H3,(H,21,22). The van der Waals surface area contributed by atoms with Gasteiger partial charge in [-0.25, -0.2) is 4.57 Å². The SMILES string of the molecule is CCCCCCCCCCCCCC(=O)OCC(O)COP(=O)(O)F. The number of carbonyl (C=O) groups is 1. The van der Waals surface area contributed by atoms with Crippen LogP contribution in [0, 0.1) is 0 Å².